The first kappa shape index (κ1) is 19.8. The molecule has 0 saturated heterocycles. The highest BCUT2D eigenvalue weighted by atomic mass is 32.2. The molecular weight excluding hydrogens is 408 g/mol. The molecule has 0 N–H and O–H groups in total. The molecule has 0 bridgehead atoms. The van der Waals surface area contributed by atoms with Gasteiger partial charge in [-0.3, -0.25) is 9.10 Å². The lowest BCUT2D eigenvalue weighted by Gasteiger charge is -2.25. The molecule has 5 rings (SSSR count). The van der Waals surface area contributed by atoms with Gasteiger partial charge in [0.2, 0.25) is 0 Å². The first-order chi connectivity index (χ1) is 14.9. The number of aryl methyl sites for hydroxylation is 1. The van der Waals surface area contributed by atoms with E-state index in [2.05, 4.69) is 0 Å². The Hall–Kier alpha value is -3.12. The number of carbonyl (C=O) groups excluding carboxylic acids is 1. The van der Waals surface area contributed by atoms with Crippen molar-refractivity contribution in [2.75, 3.05) is 15.7 Å². The number of amides is 1. The average Bonchev–Trinajstić information content (AvgIpc) is 3.33. The maximum atomic E-state index is 13.5. The van der Waals surface area contributed by atoms with E-state index in [4.69, 9.17) is 0 Å². The van der Waals surface area contributed by atoms with E-state index < -0.39 is 10.0 Å². The Morgan fingerprint density at radius 1 is 0.935 bits per heavy atom. The molecule has 31 heavy (non-hydrogen) atoms. The summed E-state index contributed by atoms with van der Waals surface area (Å²) in [6.45, 7) is 4.47. The van der Waals surface area contributed by atoms with Crippen molar-refractivity contribution in [1.82, 2.24) is 0 Å². The van der Waals surface area contributed by atoms with Gasteiger partial charge >= 0.3 is 0 Å². The van der Waals surface area contributed by atoms with Crippen molar-refractivity contribution in [3.8, 4) is 0 Å². The highest BCUT2D eigenvalue weighted by Gasteiger charge is 2.37. The molecule has 3 aromatic carbocycles. The third-order valence-corrected chi connectivity index (χ3v) is 8.12. The maximum absolute atomic E-state index is 13.5. The van der Waals surface area contributed by atoms with Gasteiger partial charge in [-0.2, -0.15) is 0 Å². The molecule has 5 nitrogen and oxygen atoms in total. The Morgan fingerprint density at radius 2 is 1.68 bits per heavy atom. The molecule has 0 aliphatic carbocycles. The topological polar surface area (TPSA) is 57.7 Å². The standard InChI is InChI=1S/C25H24N2O3S/c1-17-7-9-19(10-8-17)25(28)26-14-13-21-16-22(11-12-23(21)26)31(29,30)27-18(2)15-20-5-3-4-6-24(20)27/h3-12,16,18H,13-15H2,1-2H3. The van der Waals surface area contributed by atoms with Crippen LogP contribution in [0.15, 0.2) is 71.6 Å². The van der Waals surface area contributed by atoms with Crippen molar-refractivity contribution in [2.24, 2.45) is 0 Å². The Labute approximate surface area is 183 Å². The van der Waals surface area contributed by atoms with E-state index in [1.165, 1.54) is 4.31 Å². The number of rotatable bonds is 3. The summed E-state index contributed by atoms with van der Waals surface area (Å²) in [5.74, 6) is -0.0588. The van der Waals surface area contributed by atoms with E-state index in [0.29, 0.717) is 24.9 Å². The molecule has 2 heterocycles. The molecule has 0 radical (unpaired) electrons. The van der Waals surface area contributed by atoms with Crippen LogP contribution in [0.4, 0.5) is 11.4 Å². The molecule has 1 atom stereocenters. The van der Waals surface area contributed by atoms with Crippen LogP contribution < -0.4 is 9.21 Å². The van der Waals surface area contributed by atoms with Crippen LogP contribution >= 0.6 is 0 Å². The number of anilines is 2. The van der Waals surface area contributed by atoms with Crippen LogP contribution in [0.2, 0.25) is 0 Å². The number of nitrogens with zero attached hydrogens (tertiary/aromatic N) is 2. The third kappa shape index (κ3) is 3.22. The molecule has 2 aliphatic rings. The molecule has 1 unspecified atom stereocenters. The third-order valence-electron chi connectivity index (χ3n) is 6.19. The monoisotopic (exact) mass is 432 g/mol. The smallest absolute Gasteiger partial charge is 0.264 e. The fourth-order valence-electron chi connectivity index (χ4n) is 4.62. The van der Waals surface area contributed by atoms with Crippen LogP contribution in [-0.2, 0) is 22.9 Å². The van der Waals surface area contributed by atoms with Gasteiger partial charge in [0.1, 0.15) is 0 Å². The van der Waals surface area contributed by atoms with Gasteiger partial charge in [0.15, 0.2) is 0 Å². The van der Waals surface area contributed by atoms with E-state index in [-0.39, 0.29) is 16.8 Å². The normalized spacial score (nSPS) is 17.5. The number of sulfonamides is 1. The average molecular weight is 433 g/mol. The van der Waals surface area contributed by atoms with Crippen molar-refractivity contribution in [3.05, 3.63) is 89.0 Å². The van der Waals surface area contributed by atoms with E-state index in [0.717, 1.165) is 28.1 Å². The second kappa shape index (κ2) is 7.24. The lowest BCUT2D eigenvalue weighted by molar-refractivity contribution is 0.0989. The summed E-state index contributed by atoms with van der Waals surface area (Å²) in [6, 6.07) is 20.2. The lowest BCUT2D eigenvalue weighted by Crippen LogP contribution is -2.35. The van der Waals surface area contributed by atoms with E-state index in [9.17, 15) is 13.2 Å². The molecule has 158 valence electrons. The van der Waals surface area contributed by atoms with Crippen LogP contribution in [0.5, 0.6) is 0 Å². The zero-order valence-electron chi connectivity index (χ0n) is 17.6. The van der Waals surface area contributed by atoms with E-state index in [1.54, 1.807) is 23.1 Å². The molecule has 3 aromatic rings. The predicted molar refractivity (Wildman–Crippen MR) is 122 cm³/mol. The second-order valence-corrected chi connectivity index (χ2v) is 10.2. The molecule has 1 amide bonds. The number of carbonyl (C=O) groups is 1. The largest absolute Gasteiger partial charge is 0.308 e. The van der Waals surface area contributed by atoms with Crippen LogP contribution in [0.3, 0.4) is 0 Å². The van der Waals surface area contributed by atoms with Crippen molar-refractivity contribution in [1.29, 1.82) is 0 Å². The molecule has 0 aromatic heterocycles. The van der Waals surface area contributed by atoms with E-state index >= 15 is 0 Å². The van der Waals surface area contributed by atoms with Crippen LogP contribution in [-0.4, -0.2) is 26.9 Å². The van der Waals surface area contributed by atoms with Gasteiger partial charge in [-0.05, 0) is 74.2 Å². The van der Waals surface area contributed by atoms with Crippen molar-refractivity contribution >= 4 is 27.3 Å². The summed E-state index contributed by atoms with van der Waals surface area (Å²) in [6.07, 6.45) is 1.35. The van der Waals surface area contributed by atoms with Crippen molar-refractivity contribution < 1.29 is 13.2 Å². The zero-order chi connectivity index (χ0) is 21.8. The Kier molecular flexibility index (Phi) is 4.63. The summed E-state index contributed by atoms with van der Waals surface area (Å²) >= 11 is 0. The predicted octanol–water partition coefficient (Wildman–Crippen LogP) is 4.34. The summed E-state index contributed by atoms with van der Waals surface area (Å²) in [4.78, 5) is 15.0. The first-order valence-electron chi connectivity index (χ1n) is 10.5. The Morgan fingerprint density at radius 3 is 2.45 bits per heavy atom. The van der Waals surface area contributed by atoms with E-state index in [1.807, 2.05) is 62.4 Å². The highest BCUT2D eigenvalue weighted by Crippen LogP contribution is 2.38. The minimum atomic E-state index is -3.69. The van der Waals surface area contributed by atoms with Crippen molar-refractivity contribution in [2.45, 2.75) is 37.6 Å². The van der Waals surface area contributed by atoms with Gasteiger partial charge in [-0.15, -0.1) is 0 Å². The number of benzene rings is 3. The Bertz CT molecular complexity index is 1280. The van der Waals surface area contributed by atoms with Crippen LogP contribution in [0.25, 0.3) is 0 Å². The minimum Gasteiger partial charge on any atom is -0.308 e. The zero-order valence-corrected chi connectivity index (χ0v) is 18.4. The number of hydrogen-bond acceptors (Lipinski definition) is 3. The fourth-order valence-corrected chi connectivity index (χ4v) is 6.36. The summed E-state index contributed by atoms with van der Waals surface area (Å²) < 4.78 is 28.6. The lowest BCUT2D eigenvalue weighted by atomic mass is 10.1. The van der Waals surface area contributed by atoms with Gasteiger partial charge in [0, 0.05) is 23.8 Å². The highest BCUT2D eigenvalue weighted by molar-refractivity contribution is 7.92. The minimum absolute atomic E-state index is 0.0588. The molecule has 2 aliphatic heterocycles. The van der Waals surface area contributed by atoms with Gasteiger partial charge in [0.05, 0.1) is 10.6 Å². The van der Waals surface area contributed by atoms with Crippen LogP contribution in [0.1, 0.15) is 34.0 Å². The number of fused-ring (bicyclic) bond motifs is 2. The van der Waals surface area contributed by atoms with Gasteiger partial charge in [0.25, 0.3) is 15.9 Å². The Balaban J connectivity index is 1.47. The van der Waals surface area contributed by atoms with Crippen LogP contribution in [0, 0.1) is 6.92 Å². The summed E-state index contributed by atoms with van der Waals surface area (Å²) in [5.41, 5.74) is 5.23. The SMILES string of the molecule is Cc1ccc(C(=O)N2CCc3cc(S(=O)(=O)N4c5ccccc5CC4C)ccc32)cc1. The van der Waals surface area contributed by atoms with Gasteiger partial charge in [-0.1, -0.05) is 35.9 Å². The first-order valence-corrected chi connectivity index (χ1v) is 11.9. The quantitative estimate of drug-likeness (QED) is 0.619. The molecule has 0 saturated carbocycles. The maximum Gasteiger partial charge on any atom is 0.264 e. The van der Waals surface area contributed by atoms with Gasteiger partial charge < -0.3 is 4.90 Å². The fraction of sp³-hybridized carbons (Fsp3) is 0.240. The number of hydrogen-bond donors (Lipinski definition) is 0. The number of para-hydroxylation sites is 1. The van der Waals surface area contributed by atoms with Crippen molar-refractivity contribution in [3.63, 3.8) is 0 Å². The molecule has 0 fully saturated rings. The summed E-state index contributed by atoms with van der Waals surface area (Å²) in [7, 11) is -3.69. The second-order valence-electron chi connectivity index (χ2n) is 8.35. The molecule has 6 heteroatoms. The summed E-state index contributed by atoms with van der Waals surface area (Å²) in [5, 5.41) is 0. The van der Waals surface area contributed by atoms with Gasteiger partial charge in [-0.25, -0.2) is 8.42 Å². The molecular formula is C25H24N2O3S. The molecule has 0 spiro atoms.